The Morgan fingerprint density at radius 3 is 2.56 bits per heavy atom. The van der Waals surface area contributed by atoms with E-state index in [1.807, 2.05) is 0 Å². The van der Waals surface area contributed by atoms with E-state index in [0.29, 0.717) is 11.4 Å². The van der Waals surface area contributed by atoms with Crippen LogP contribution in [-0.2, 0) is 4.74 Å². The quantitative estimate of drug-likeness (QED) is 0.606. The van der Waals surface area contributed by atoms with Gasteiger partial charge < -0.3 is 15.8 Å². The average Bonchev–Trinajstić information content (AvgIpc) is 2.18. The van der Waals surface area contributed by atoms with Crippen LogP contribution in [0.3, 0.4) is 0 Å². The molecule has 3 nitrogen and oxygen atoms in total. The molecule has 16 heavy (non-hydrogen) atoms. The van der Waals surface area contributed by atoms with E-state index in [0.717, 1.165) is 0 Å². The minimum absolute atomic E-state index is 0.0200. The summed E-state index contributed by atoms with van der Waals surface area (Å²) in [6.07, 6.45) is -4.27. The van der Waals surface area contributed by atoms with E-state index in [4.69, 9.17) is 5.73 Å². The second kappa shape index (κ2) is 5.60. The molecule has 3 N–H and O–H groups in total. The van der Waals surface area contributed by atoms with Gasteiger partial charge in [-0.05, 0) is 12.1 Å². The highest BCUT2D eigenvalue weighted by Crippen LogP contribution is 2.16. The Morgan fingerprint density at radius 2 is 1.94 bits per heavy atom. The molecule has 0 spiro atoms. The van der Waals surface area contributed by atoms with Gasteiger partial charge in [0.25, 0.3) is 0 Å². The molecule has 0 aliphatic carbocycles. The summed E-state index contributed by atoms with van der Waals surface area (Å²) >= 11 is 0. The third-order valence-corrected chi connectivity index (χ3v) is 1.79. The van der Waals surface area contributed by atoms with Crippen molar-refractivity contribution in [2.45, 2.75) is 6.18 Å². The normalized spacial score (nSPS) is 11.4. The van der Waals surface area contributed by atoms with E-state index in [1.165, 1.54) is 0 Å². The van der Waals surface area contributed by atoms with Gasteiger partial charge in [-0.2, -0.15) is 13.2 Å². The van der Waals surface area contributed by atoms with Gasteiger partial charge in [0.05, 0.1) is 18.0 Å². The van der Waals surface area contributed by atoms with Crippen LogP contribution in [-0.4, -0.2) is 25.9 Å². The summed E-state index contributed by atoms with van der Waals surface area (Å²) in [6.45, 7) is -0.961. The number of para-hydroxylation sites is 2. The highest BCUT2D eigenvalue weighted by Gasteiger charge is 2.27. The van der Waals surface area contributed by atoms with Gasteiger partial charge in [-0.25, -0.2) is 0 Å². The SMILES string of the molecule is Nc1ccccc1NCCOCC(F)(F)F. The molecule has 90 valence electrons. The average molecular weight is 234 g/mol. The van der Waals surface area contributed by atoms with E-state index in [1.54, 1.807) is 24.3 Å². The minimum Gasteiger partial charge on any atom is -0.397 e. The highest BCUT2D eigenvalue weighted by molar-refractivity contribution is 5.65. The summed E-state index contributed by atoms with van der Waals surface area (Å²) < 4.78 is 39.5. The molecule has 1 rings (SSSR count). The van der Waals surface area contributed by atoms with Gasteiger partial charge in [-0.15, -0.1) is 0 Å². The lowest BCUT2D eigenvalue weighted by Crippen LogP contribution is -2.20. The van der Waals surface area contributed by atoms with Crippen molar-refractivity contribution in [1.82, 2.24) is 0 Å². The topological polar surface area (TPSA) is 47.3 Å². The fourth-order valence-electron chi connectivity index (χ4n) is 1.10. The number of anilines is 2. The Kier molecular flexibility index (Phi) is 4.42. The molecule has 0 heterocycles. The first-order valence-corrected chi connectivity index (χ1v) is 4.72. The van der Waals surface area contributed by atoms with Gasteiger partial charge in [0, 0.05) is 6.54 Å². The molecular formula is C10H13F3N2O. The lowest BCUT2D eigenvalue weighted by atomic mass is 10.3. The van der Waals surface area contributed by atoms with Gasteiger partial charge in [-0.3, -0.25) is 0 Å². The second-order valence-corrected chi connectivity index (χ2v) is 3.18. The van der Waals surface area contributed by atoms with Crippen molar-refractivity contribution in [3.05, 3.63) is 24.3 Å². The molecular weight excluding hydrogens is 221 g/mol. The lowest BCUT2D eigenvalue weighted by Gasteiger charge is -2.10. The maximum Gasteiger partial charge on any atom is 0.411 e. The molecule has 0 radical (unpaired) electrons. The second-order valence-electron chi connectivity index (χ2n) is 3.18. The standard InChI is InChI=1S/C10H13F3N2O/c11-10(12,13)7-16-6-5-15-9-4-2-1-3-8(9)14/h1-4,15H,5-7,14H2. The van der Waals surface area contributed by atoms with Gasteiger partial charge >= 0.3 is 6.18 Å². The van der Waals surface area contributed by atoms with Crippen LogP contribution in [0.1, 0.15) is 0 Å². The zero-order valence-electron chi connectivity index (χ0n) is 8.55. The van der Waals surface area contributed by atoms with Crippen molar-refractivity contribution in [2.24, 2.45) is 0 Å². The van der Waals surface area contributed by atoms with E-state index in [9.17, 15) is 13.2 Å². The molecule has 0 saturated carbocycles. The maximum absolute atomic E-state index is 11.7. The number of rotatable bonds is 5. The Morgan fingerprint density at radius 1 is 1.25 bits per heavy atom. The molecule has 0 aliphatic heterocycles. The fourth-order valence-corrected chi connectivity index (χ4v) is 1.10. The predicted octanol–water partition coefficient (Wildman–Crippen LogP) is 2.26. The number of benzene rings is 1. The van der Waals surface area contributed by atoms with Gasteiger partial charge in [-0.1, -0.05) is 12.1 Å². The summed E-state index contributed by atoms with van der Waals surface area (Å²) in [5.41, 5.74) is 6.87. The van der Waals surface area contributed by atoms with Crippen molar-refractivity contribution in [3.8, 4) is 0 Å². The third kappa shape index (κ3) is 4.88. The summed E-state index contributed by atoms with van der Waals surface area (Å²) in [7, 11) is 0. The molecule has 6 heteroatoms. The number of nitrogens with one attached hydrogen (secondary N) is 1. The predicted molar refractivity (Wildman–Crippen MR) is 56.2 cm³/mol. The van der Waals surface area contributed by atoms with Crippen molar-refractivity contribution < 1.29 is 17.9 Å². The fraction of sp³-hybridized carbons (Fsp3) is 0.400. The molecule has 0 atom stereocenters. The smallest absolute Gasteiger partial charge is 0.397 e. The summed E-state index contributed by atoms with van der Waals surface area (Å²) in [4.78, 5) is 0. The van der Waals surface area contributed by atoms with Crippen molar-refractivity contribution in [2.75, 3.05) is 30.8 Å². The number of alkyl halides is 3. The van der Waals surface area contributed by atoms with E-state index < -0.39 is 12.8 Å². The minimum atomic E-state index is -4.27. The molecule has 0 amide bonds. The van der Waals surface area contributed by atoms with Crippen molar-refractivity contribution in [3.63, 3.8) is 0 Å². The van der Waals surface area contributed by atoms with Crippen LogP contribution in [0.4, 0.5) is 24.5 Å². The molecule has 0 saturated heterocycles. The zero-order chi connectivity index (χ0) is 12.0. The number of nitrogen functional groups attached to an aromatic ring is 1. The molecule has 0 unspecified atom stereocenters. The van der Waals surface area contributed by atoms with E-state index >= 15 is 0 Å². The summed E-state index contributed by atoms with van der Waals surface area (Å²) in [5.74, 6) is 0. The van der Waals surface area contributed by atoms with Crippen molar-refractivity contribution in [1.29, 1.82) is 0 Å². The van der Waals surface area contributed by atoms with E-state index in [2.05, 4.69) is 10.1 Å². The molecule has 0 bridgehead atoms. The Hall–Kier alpha value is -1.43. The van der Waals surface area contributed by atoms with Crippen LogP contribution in [0, 0.1) is 0 Å². The first kappa shape index (κ1) is 12.6. The summed E-state index contributed by atoms with van der Waals surface area (Å²) in [5, 5.41) is 2.88. The van der Waals surface area contributed by atoms with Crippen LogP contribution >= 0.6 is 0 Å². The monoisotopic (exact) mass is 234 g/mol. The van der Waals surface area contributed by atoms with E-state index in [-0.39, 0.29) is 13.2 Å². The number of hydrogen-bond donors (Lipinski definition) is 2. The molecule has 0 fully saturated rings. The summed E-state index contributed by atoms with van der Waals surface area (Å²) in [6, 6.07) is 7.02. The Labute approximate surface area is 91.4 Å². The lowest BCUT2D eigenvalue weighted by molar-refractivity contribution is -0.172. The first-order valence-electron chi connectivity index (χ1n) is 4.72. The number of nitrogens with two attached hydrogens (primary N) is 1. The van der Waals surface area contributed by atoms with Crippen molar-refractivity contribution >= 4 is 11.4 Å². The Balaban J connectivity index is 2.19. The van der Waals surface area contributed by atoms with Crippen LogP contribution in [0.2, 0.25) is 0 Å². The third-order valence-electron chi connectivity index (χ3n) is 1.79. The van der Waals surface area contributed by atoms with Crippen LogP contribution in [0.5, 0.6) is 0 Å². The molecule has 1 aromatic carbocycles. The largest absolute Gasteiger partial charge is 0.411 e. The molecule has 0 aliphatic rings. The zero-order valence-corrected chi connectivity index (χ0v) is 8.55. The number of halogens is 3. The van der Waals surface area contributed by atoms with Crippen LogP contribution in [0.15, 0.2) is 24.3 Å². The molecule has 1 aromatic rings. The van der Waals surface area contributed by atoms with Crippen LogP contribution < -0.4 is 11.1 Å². The molecule has 0 aromatic heterocycles. The van der Waals surface area contributed by atoms with Gasteiger partial charge in [0.1, 0.15) is 6.61 Å². The number of hydrogen-bond acceptors (Lipinski definition) is 3. The Bertz CT molecular complexity index is 328. The van der Waals surface area contributed by atoms with Crippen LogP contribution in [0.25, 0.3) is 0 Å². The highest BCUT2D eigenvalue weighted by atomic mass is 19.4. The number of ether oxygens (including phenoxy) is 1. The maximum atomic E-state index is 11.7. The van der Waals surface area contributed by atoms with Gasteiger partial charge in [0.15, 0.2) is 0 Å². The first-order chi connectivity index (χ1) is 7.49. The van der Waals surface area contributed by atoms with Gasteiger partial charge in [0.2, 0.25) is 0 Å².